The normalized spacial score (nSPS) is 10.3. The van der Waals surface area contributed by atoms with Crippen LogP contribution in [0.4, 0.5) is 0 Å². The van der Waals surface area contributed by atoms with E-state index in [1.54, 1.807) is 12.1 Å². The van der Waals surface area contributed by atoms with Crippen molar-refractivity contribution in [2.75, 3.05) is 0 Å². The van der Waals surface area contributed by atoms with E-state index in [1.807, 2.05) is 0 Å². The quantitative estimate of drug-likeness (QED) is 0.587. The van der Waals surface area contributed by atoms with Crippen molar-refractivity contribution in [3.63, 3.8) is 0 Å². The molecule has 0 aliphatic carbocycles. The Kier molecular flexibility index (Phi) is 1.92. The van der Waals surface area contributed by atoms with Crippen LogP contribution in [0.5, 0.6) is 0 Å². The van der Waals surface area contributed by atoms with Gasteiger partial charge in [-0.2, -0.15) is 5.10 Å². The molecule has 0 aliphatic heterocycles. The Balaban J connectivity index is 2.33. The van der Waals surface area contributed by atoms with E-state index in [-0.39, 0.29) is 0 Å². The van der Waals surface area contributed by atoms with Crippen molar-refractivity contribution in [2.24, 2.45) is 0 Å². The lowest BCUT2D eigenvalue weighted by Gasteiger charge is -1.92. The van der Waals surface area contributed by atoms with Crippen molar-refractivity contribution < 1.29 is 14.5 Å². The highest BCUT2D eigenvalue weighted by Gasteiger charge is 2.13. The van der Waals surface area contributed by atoms with E-state index in [0.717, 1.165) is 0 Å². The van der Waals surface area contributed by atoms with E-state index in [1.165, 1.54) is 23.3 Å². The van der Waals surface area contributed by atoms with Crippen LogP contribution < -0.4 is 5.46 Å². The zero-order chi connectivity index (χ0) is 9.26. The second-order valence-electron chi connectivity index (χ2n) is 2.54. The summed E-state index contributed by atoms with van der Waals surface area (Å²) in [6.45, 7) is 0. The fourth-order valence-electron chi connectivity index (χ4n) is 0.991. The fraction of sp³-hybridized carbons (Fsp3) is 0. The van der Waals surface area contributed by atoms with Crippen LogP contribution in [0.1, 0.15) is 0 Å². The van der Waals surface area contributed by atoms with Crippen molar-refractivity contribution in [2.45, 2.75) is 0 Å². The van der Waals surface area contributed by atoms with Gasteiger partial charge >= 0.3 is 7.12 Å². The van der Waals surface area contributed by atoms with E-state index in [4.69, 9.17) is 14.5 Å². The van der Waals surface area contributed by atoms with E-state index < -0.39 is 7.12 Å². The van der Waals surface area contributed by atoms with Crippen molar-refractivity contribution in [1.29, 1.82) is 0 Å². The molecule has 2 aromatic heterocycles. The van der Waals surface area contributed by atoms with Crippen molar-refractivity contribution in [1.82, 2.24) is 9.78 Å². The highest BCUT2D eigenvalue weighted by Crippen LogP contribution is 2.04. The van der Waals surface area contributed by atoms with Gasteiger partial charge in [-0.15, -0.1) is 0 Å². The second kappa shape index (κ2) is 3.08. The first kappa shape index (κ1) is 8.09. The molecule has 0 amide bonds. The molecule has 2 aromatic rings. The molecule has 0 saturated heterocycles. The summed E-state index contributed by atoms with van der Waals surface area (Å²) in [6, 6.07) is 3.45. The van der Waals surface area contributed by atoms with Gasteiger partial charge in [-0.25, -0.2) is 4.68 Å². The van der Waals surface area contributed by atoms with Crippen molar-refractivity contribution in [3.8, 4) is 5.88 Å². The molecule has 6 heteroatoms. The minimum atomic E-state index is -1.50. The number of rotatable bonds is 2. The molecule has 0 radical (unpaired) electrons. The van der Waals surface area contributed by atoms with Crippen LogP contribution in [-0.4, -0.2) is 26.9 Å². The number of hydrogen-bond donors (Lipinski definition) is 2. The monoisotopic (exact) mass is 178 g/mol. The highest BCUT2D eigenvalue weighted by atomic mass is 16.4. The second-order valence-corrected chi connectivity index (χ2v) is 2.54. The molecule has 0 unspecified atom stereocenters. The summed E-state index contributed by atoms with van der Waals surface area (Å²) in [5.74, 6) is 0.534. The van der Waals surface area contributed by atoms with Crippen molar-refractivity contribution >= 4 is 12.6 Å². The Bertz CT molecular complexity index is 382. The first-order valence-corrected chi connectivity index (χ1v) is 3.72. The maximum atomic E-state index is 8.81. The molecule has 2 rings (SSSR count). The minimum absolute atomic E-state index is 0.330. The van der Waals surface area contributed by atoms with Gasteiger partial charge in [-0.3, -0.25) is 0 Å². The Hall–Kier alpha value is -1.53. The molecule has 13 heavy (non-hydrogen) atoms. The topological polar surface area (TPSA) is 71.4 Å². The first-order chi connectivity index (χ1) is 6.27. The third kappa shape index (κ3) is 1.49. The molecule has 2 N–H and O–H groups in total. The van der Waals surface area contributed by atoms with Gasteiger partial charge in [0.2, 0.25) is 5.88 Å². The predicted molar refractivity (Wildman–Crippen MR) is 45.7 cm³/mol. The van der Waals surface area contributed by atoms with Crippen LogP contribution >= 0.6 is 0 Å². The molecule has 2 heterocycles. The average Bonchev–Trinajstić information content (AvgIpc) is 2.75. The highest BCUT2D eigenvalue weighted by molar-refractivity contribution is 6.58. The van der Waals surface area contributed by atoms with Gasteiger partial charge in [-0.05, 0) is 6.07 Å². The zero-order valence-corrected chi connectivity index (χ0v) is 6.66. The van der Waals surface area contributed by atoms with Gasteiger partial charge in [0.1, 0.15) is 0 Å². The number of hydrogen-bond acceptors (Lipinski definition) is 4. The Labute approximate surface area is 74.4 Å². The number of furan rings is 1. The summed E-state index contributed by atoms with van der Waals surface area (Å²) in [6.07, 6.45) is 4.38. The van der Waals surface area contributed by atoms with Crippen LogP contribution in [0, 0.1) is 0 Å². The van der Waals surface area contributed by atoms with Gasteiger partial charge in [0, 0.05) is 23.9 Å². The average molecular weight is 178 g/mol. The lowest BCUT2D eigenvalue weighted by molar-refractivity contribution is 0.425. The largest absolute Gasteiger partial charge is 0.491 e. The number of aromatic nitrogens is 2. The molecule has 0 fully saturated rings. The summed E-state index contributed by atoms with van der Waals surface area (Å²) in [7, 11) is -1.50. The standard InChI is InChI=1S/C7H7BN2O3/c11-8(12)6-4-9-10(5-6)7-2-1-3-13-7/h1-5,11-12H. The summed E-state index contributed by atoms with van der Waals surface area (Å²) in [5, 5.41) is 21.5. The molecule has 66 valence electrons. The third-order valence-electron chi connectivity index (χ3n) is 1.63. The van der Waals surface area contributed by atoms with Crippen LogP contribution in [0.2, 0.25) is 0 Å². The van der Waals surface area contributed by atoms with E-state index in [0.29, 0.717) is 11.3 Å². The molecule has 5 nitrogen and oxygen atoms in total. The van der Waals surface area contributed by atoms with Crippen LogP contribution in [-0.2, 0) is 0 Å². The lowest BCUT2D eigenvalue weighted by Crippen LogP contribution is -2.28. The van der Waals surface area contributed by atoms with E-state index in [9.17, 15) is 0 Å². The minimum Gasteiger partial charge on any atom is -0.447 e. The maximum Gasteiger partial charge on any atom is 0.491 e. The smallest absolute Gasteiger partial charge is 0.447 e. The van der Waals surface area contributed by atoms with Gasteiger partial charge in [0.25, 0.3) is 0 Å². The van der Waals surface area contributed by atoms with Crippen LogP contribution in [0.25, 0.3) is 5.88 Å². The van der Waals surface area contributed by atoms with Gasteiger partial charge < -0.3 is 14.5 Å². The molecular formula is C7H7BN2O3. The van der Waals surface area contributed by atoms with Gasteiger partial charge in [0.05, 0.1) is 6.26 Å². The molecule has 0 atom stereocenters. The third-order valence-corrected chi connectivity index (χ3v) is 1.63. The fourth-order valence-corrected chi connectivity index (χ4v) is 0.991. The molecule has 0 aliphatic rings. The van der Waals surface area contributed by atoms with Crippen LogP contribution in [0.3, 0.4) is 0 Å². The number of nitrogens with zero attached hydrogens (tertiary/aromatic N) is 2. The lowest BCUT2D eigenvalue weighted by atomic mass is 9.83. The van der Waals surface area contributed by atoms with E-state index in [2.05, 4.69) is 5.10 Å². The summed E-state index contributed by atoms with van der Waals surface area (Å²) >= 11 is 0. The molecular weight excluding hydrogens is 171 g/mol. The summed E-state index contributed by atoms with van der Waals surface area (Å²) < 4.78 is 6.48. The maximum absolute atomic E-state index is 8.81. The first-order valence-electron chi connectivity index (χ1n) is 3.72. The van der Waals surface area contributed by atoms with Crippen molar-refractivity contribution in [3.05, 3.63) is 30.8 Å². The molecule has 0 spiro atoms. The Morgan fingerprint density at radius 3 is 2.85 bits per heavy atom. The summed E-state index contributed by atoms with van der Waals surface area (Å²) in [4.78, 5) is 0. The summed E-state index contributed by atoms with van der Waals surface area (Å²) in [5.41, 5.74) is 0.330. The predicted octanol–water partition coefficient (Wildman–Crippen LogP) is -0.855. The Morgan fingerprint density at radius 2 is 2.31 bits per heavy atom. The Morgan fingerprint density at radius 1 is 1.46 bits per heavy atom. The van der Waals surface area contributed by atoms with Gasteiger partial charge in [0.15, 0.2) is 0 Å². The molecule has 0 aromatic carbocycles. The van der Waals surface area contributed by atoms with Crippen LogP contribution in [0.15, 0.2) is 35.2 Å². The SMILES string of the molecule is OB(O)c1cnn(-c2ccco2)c1. The zero-order valence-electron chi connectivity index (χ0n) is 6.66. The molecule has 0 bridgehead atoms. The van der Waals surface area contributed by atoms with E-state index >= 15 is 0 Å². The molecule has 0 saturated carbocycles. The van der Waals surface area contributed by atoms with Gasteiger partial charge in [-0.1, -0.05) is 0 Å².